The minimum atomic E-state index is 0. The van der Waals surface area contributed by atoms with Gasteiger partial charge in [0.05, 0.1) is 12.2 Å². The van der Waals surface area contributed by atoms with Crippen molar-refractivity contribution in [1.82, 2.24) is 20.0 Å². The highest BCUT2D eigenvalue weighted by Gasteiger charge is 2.40. The van der Waals surface area contributed by atoms with Crippen LogP contribution in [0.1, 0.15) is 35.4 Å². The number of hydrogen-bond acceptors (Lipinski definition) is 3. The van der Waals surface area contributed by atoms with Gasteiger partial charge < -0.3 is 5.32 Å². The van der Waals surface area contributed by atoms with Gasteiger partial charge in [-0.25, -0.2) is 0 Å². The van der Waals surface area contributed by atoms with E-state index in [9.17, 15) is 0 Å². The number of likely N-dealkylation sites (tertiary alicyclic amines) is 1. The van der Waals surface area contributed by atoms with E-state index in [0.29, 0.717) is 5.41 Å². The molecule has 1 unspecified atom stereocenters. The van der Waals surface area contributed by atoms with E-state index in [1.54, 1.807) is 0 Å². The lowest BCUT2D eigenvalue weighted by Gasteiger charge is -2.23. The van der Waals surface area contributed by atoms with Crippen LogP contribution in [0.4, 0.5) is 0 Å². The molecular formula is C20H28Cl2N4. The summed E-state index contributed by atoms with van der Waals surface area (Å²) in [5, 5.41) is 9.13. The Morgan fingerprint density at radius 2 is 1.92 bits per heavy atom. The Kier molecular flexibility index (Phi) is 5.97. The van der Waals surface area contributed by atoms with Crippen molar-refractivity contribution in [3.05, 3.63) is 51.8 Å². The van der Waals surface area contributed by atoms with E-state index in [1.807, 2.05) is 12.1 Å². The Morgan fingerprint density at radius 1 is 1.15 bits per heavy atom. The Hall–Kier alpha value is -1.07. The van der Waals surface area contributed by atoms with Crippen LogP contribution in [-0.4, -0.2) is 40.9 Å². The summed E-state index contributed by atoms with van der Waals surface area (Å²) in [7, 11) is 0. The van der Waals surface area contributed by atoms with Gasteiger partial charge >= 0.3 is 0 Å². The van der Waals surface area contributed by atoms with Crippen LogP contribution in [0.3, 0.4) is 0 Å². The van der Waals surface area contributed by atoms with E-state index in [1.165, 1.54) is 55.8 Å². The Morgan fingerprint density at radius 3 is 2.62 bits per heavy atom. The number of rotatable bonds is 4. The van der Waals surface area contributed by atoms with Gasteiger partial charge in [0.15, 0.2) is 0 Å². The van der Waals surface area contributed by atoms with Crippen molar-refractivity contribution in [2.75, 3.05) is 26.2 Å². The Balaban J connectivity index is 0.00000196. The molecule has 2 fully saturated rings. The number of halogens is 2. The van der Waals surface area contributed by atoms with Crippen LogP contribution >= 0.6 is 24.0 Å². The lowest BCUT2D eigenvalue weighted by molar-refractivity contribution is 0.268. The fourth-order valence-electron chi connectivity index (χ4n) is 4.41. The maximum atomic E-state index is 5.99. The van der Waals surface area contributed by atoms with Crippen molar-refractivity contribution in [2.45, 2.75) is 39.8 Å². The highest BCUT2D eigenvalue weighted by molar-refractivity contribution is 6.30. The SMILES string of the molecule is Cc1nn(Cc2ccc(Cl)cc2)c(C)c1CN1CCC2(CCNC2)C1.Cl. The second-order valence-electron chi connectivity index (χ2n) is 7.82. The second kappa shape index (κ2) is 7.89. The Bertz CT molecular complexity index is 748. The molecule has 0 radical (unpaired) electrons. The molecule has 6 heteroatoms. The number of hydrogen-bond donors (Lipinski definition) is 1. The number of aryl methyl sites for hydroxylation is 1. The van der Waals surface area contributed by atoms with E-state index < -0.39 is 0 Å². The zero-order valence-electron chi connectivity index (χ0n) is 15.6. The van der Waals surface area contributed by atoms with Crippen molar-refractivity contribution in [1.29, 1.82) is 0 Å². The molecule has 0 aliphatic carbocycles. The van der Waals surface area contributed by atoms with E-state index in [-0.39, 0.29) is 12.4 Å². The van der Waals surface area contributed by atoms with Crippen molar-refractivity contribution in [3.8, 4) is 0 Å². The van der Waals surface area contributed by atoms with Gasteiger partial charge in [0.2, 0.25) is 0 Å². The zero-order valence-corrected chi connectivity index (χ0v) is 17.2. The molecule has 4 rings (SSSR count). The zero-order chi connectivity index (χ0) is 17.4. The summed E-state index contributed by atoms with van der Waals surface area (Å²) in [5.74, 6) is 0. The van der Waals surface area contributed by atoms with Crippen LogP contribution in [-0.2, 0) is 13.1 Å². The van der Waals surface area contributed by atoms with E-state index in [0.717, 1.165) is 23.8 Å². The summed E-state index contributed by atoms with van der Waals surface area (Å²) in [4.78, 5) is 2.62. The second-order valence-corrected chi connectivity index (χ2v) is 8.26. The number of aromatic nitrogens is 2. The lowest BCUT2D eigenvalue weighted by Crippen LogP contribution is -2.29. The average Bonchev–Trinajstić information content (AvgIpc) is 3.28. The molecule has 142 valence electrons. The number of nitrogens with zero attached hydrogens (tertiary/aromatic N) is 3. The van der Waals surface area contributed by atoms with E-state index >= 15 is 0 Å². The molecule has 2 aromatic rings. The van der Waals surface area contributed by atoms with Gasteiger partial charge in [-0.3, -0.25) is 9.58 Å². The summed E-state index contributed by atoms with van der Waals surface area (Å²) in [5.41, 5.74) is 5.62. The summed E-state index contributed by atoms with van der Waals surface area (Å²) >= 11 is 5.99. The lowest BCUT2D eigenvalue weighted by atomic mass is 9.86. The number of benzene rings is 1. The third-order valence-electron chi connectivity index (χ3n) is 6.01. The molecule has 2 saturated heterocycles. The van der Waals surface area contributed by atoms with Gasteiger partial charge in [-0.2, -0.15) is 5.10 Å². The Labute approximate surface area is 167 Å². The van der Waals surface area contributed by atoms with Gasteiger partial charge in [0.1, 0.15) is 0 Å². The highest BCUT2D eigenvalue weighted by Crippen LogP contribution is 2.37. The minimum Gasteiger partial charge on any atom is -0.316 e. The molecule has 2 aliphatic rings. The maximum absolute atomic E-state index is 5.99. The van der Waals surface area contributed by atoms with Crippen LogP contribution in [0.25, 0.3) is 0 Å². The first-order valence-corrected chi connectivity index (χ1v) is 9.63. The van der Waals surface area contributed by atoms with Gasteiger partial charge in [-0.15, -0.1) is 12.4 Å². The first-order chi connectivity index (χ1) is 12.0. The molecular weight excluding hydrogens is 367 g/mol. The molecule has 4 nitrogen and oxygen atoms in total. The van der Waals surface area contributed by atoms with E-state index in [4.69, 9.17) is 16.7 Å². The van der Waals surface area contributed by atoms with Crippen molar-refractivity contribution < 1.29 is 0 Å². The standard InChI is InChI=1S/C20H27ClN4.ClH/c1-15-19(12-24-10-8-20(14-24)7-9-22-13-20)16(2)25(23-15)11-17-3-5-18(21)6-4-17;/h3-6,22H,7-14H2,1-2H3;1H. The van der Waals surface area contributed by atoms with Gasteiger partial charge in [0.25, 0.3) is 0 Å². The van der Waals surface area contributed by atoms with Crippen LogP contribution < -0.4 is 5.32 Å². The monoisotopic (exact) mass is 394 g/mol. The average molecular weight is 395 g/mol. The molecule has 1 atom stereocenters. The smallest absolute Gasteiger partial charge is 0.0662 e. The van der Waals surface area contributed by atoms with E-state index in [2.05, 4.69) is 40.9 Å². The van der Waals surface area contributed by atoms with Crippen molar-refractivity contribution in [2.24, 2.45) is 5.41 Å². The van der Waals surface area contributed by atoms with Crippen molar-refractivity contribution in [3.63, 3.8) is 0 Å². The molecule has 1 aromatic heterocycles. The predicted octanol–water partition coefficient (Wildman–Crippen LogP) is 3.81. The molecule has 3 heterocycles. The molecule has 1 spiro atoms. The van der Waals surface area contributed by atoms with Gasteiger partial charge in [-0.1, -0.05) is 23.7 Å². The highest BCUT2D eigenvalue weighted by atomic mass is 35.5. The predicted molar refractivity (Wildman–Crippen MR) is 109 cm³/mol. The molecule has 1 N–H and O–H groups in total. The van der Waals surface area contributed by atoms with Crippen LogP contribution in [0.15, 0.2) is 24.3 Å². The molecule has 0 saturated carbocycles. The van der Waals surface area contributed by atoms with Gasteiger partial charge in [0, 0.05) is 35.9 Å². The minimum absolute atomic E-state index is 0. The number of nitrogens with one attached hydrogen (secondary N) is 1. The van der Waals surface area contributed by atoms with Crippen LogP contribution in [0.2, 0.25) is 5.02 Å². The molecule has 2 aliphatic heterocycles. The third-order valence-corrected chi connectivity index (χ3v) is 6.26. The van der Waals surface area contributed by atoms with Gasteiger partial charge in [-0.05, 0) is 62.9 Å². The summed E-state index contributed by atoms with van der Waals surface area (Å²) < 4.78 is 2.14. The summed E-state index contributed by atoms with van der Waals surface area (Å²) in [6.07, 6.45) is 2.66. The van der Waals surface area contributed by atoms with Crippen molar-refractivity contribution >= 4 is 24.0 Å². The van der Waals surface area contributed by atoms with Crippen LogP contribution in [0.5, 0.6) is 0 Å². The summed E-state index contributed by atoms with van der Waals surface area (Å²) in [6, 6.07) is 8.05. The molecule has 0 bridgehead atoms. The third kappa shape index (κ3) is 3.94. The fraction of sp³-hybridized carbons (Fsp3) is 0.550. The largest absolute Gasteiger partial charge is 0.316 e. The first kappa shape index (κ1) is 19.7. The van der Waals surface area contributed by atoms with Crippen LogP contribution in [0, 0.1) is 19.3 Å². The summed E-state index contributed by atoms with van der Waals surface area (Å²) in [6.45, 7) is 11.0. The quantitative estimate of drug-likeness (QED) is 0.855. The molecule has 0 amide bonds. The molecule has 26 heavy (non-hydrogen) atoms. The normalized spacial score (nSPS) is 22.9. The fourth-order valence-corrected chi connectivity index (χ4v) is 4.54. The first-order valence-electron chi connectivity index (χ1n) is 9.25. The molecule has 1 aromatic carbocycles. The maximum Gasteiger partial charge on any atom is 0.0662 e. The topological polar surface area (TPSA) is 33.1 Å².